The molecule has 100 valence electrons. The first kappa shape index (κ1) is 16.0. The number of hydrogen-bond donors (Lipinski definition) is 0. The zero-order chi connectivity index (χ0) is 13.6. The Kier molecular flexibility index (Phi) is 4.00. The molecular weight excluding hydrogens is 384 g/mol. The molecule has 0 saturated carbocycles. The standard InChI is InChI=1S/C4F11I/c5-1(6,3(9,10)11)2(7,8)4(12,13)16(14)15. The van der Waals surface area contributed by atoms with Gasteiger partial charge in [-0.15, -0.1) is 0 Å². The minimum atomic E-state index is -7.22. The third-order valence-corrected chi connectivity index (χ3v) is 2.99. The van der Waals surface area contributed by atoms with Gasteiger partial charge in [0, 0.05) is 0 Å². The molecule has 0 saturated heterocycles. The van der Waals surface area contributed by atoms with Crippen molar-refractivity contribution >= 4 is 21.0 Å². The molecule has 0 aromatic heterocycles. The van der Waals surface area contributed by atoms with Crippen molar-refractivity contribution in [3.05, 3.63) is 0 Å². The van der Waals surface area contributed by atoms with Crippen molar-refractivity contribution in [2.24, 2.45) is 0 Å². The van der Waals surface area contributed by atoms with Crippen LogP contribution < -0.4 is 0 Å². The fraction of sp³-hybridized carbons (Fsp3) is 1.00. The predicted molar refractivity (Wildman–Crippen MR) is 37.1 cm³/mol. The van der Waals surface area contributed by atoms with E-state index in [1.165, 1.54) is 0 Å². The number of rotatable bonds is 3. The topological polar surface area (TPSA) is 0 Å². The van der Waals surface area contributed by atoms with Gasteiger partial charge >= 0.3 is 88.1 Å². The van der Waals surface area contributed by atoms with E-state index in [9.17, 15) is 45.2 Å². The molecular formula is C4F11I. The molecule has 0 unspecified atom stereocenters. The summed E-state index contributed by atoms with van der Waals surface area (Å²) < 4.78 is 122. The van der Waals surface area contributed by atoms with Crippen molar-refractivity contribution < 1.29 is 45.2 Å². The normalized spacial score (nSPS) is 16.3. The molecule has 16 heavy (non-hydrogen) atoms. The molecule has 0 aromatic rings. The fourth-order valence-corrected chi connectivity index (χ4v) is 1.30. The summed E-state index contributed by atoms with van der Waals surface area (Å²) in [6.07, 6.45) is -7.05. The summed E-state index contributed by atoms with van der Waals surface area (Å²) in [7, 11) is 0. The van der Waals surface area contributed by atoms with Crippen LogP contribution in [0.2, 0.25) is 0 Å². The molecule has 0 radical (unpaired) electrons. The van der Waals surface area contributed by atoms with Crippen LogP contribution in [0.25, 0.3) is 0 Å². The van der Waals surface area contributed by atoms with E-state index in [-0.39, 0.29) is 0 Å². The summed E-state index contributed by atoms with van der Waals surface area (Å²) in [6.45, 7) is 0. The predicted octanol–water partition coefficient (Wildman–Crippen LogP) is 4.69. The summed E-state index contributed by atoms with van der Waals surface area (Å²) >= 11 is -6.92. The molecule has 0 aliphatic rings. The molecule has 0 aromatic carbocycles. The molecule has 0 N–H and O–H groups in total. The summed E-state index contributed by atoms with van der Waals surface area (Å²) in [5, 5.41) is 0. The van der Waals surface area contributed by atoms with Crippen molar-refractivity contribution in [2.45, 2.75) is 22.0 Å². The van der Waals surface area contributed by atoms with Gasteiger partial charge in [0.15, 0.2) is 0 Å². The van der Waals surface area contributed by atoms with Gasteiger partial charge in [0.1, 0.15) is 0 Å². The SMILES string of the molecule is FI(F)C(F)(F)C(F)(F)C(F)(F)C(F)(F)F. The van der Waals surface area contributed by atoms with Crippen molar-refractivity contribution in [1.29, 1.82) is 0 Å². The second-order valence-corrected chi connectivity index (χ2v) is 4.82. The molecule has 12 heteroatoms. The van der Waals surface area contributed by atoms with Crippen LogP contribution in [0.1, 0.15) is 0 Å². The van der Waals surface area contributed by atoms with Gasteiger partial charge in [-0.1, -0.05) is 0 Å². The van der Waals surface area contributed by atoms with Crippen LogP contribution >= 0.6 is 21.0 Å². The Morgan fingerprint density at radius 3 is 1.06 bits per heavy atom. The maximum absolute atomic E-state index is 12.1. The third-order valence-electron chi connectivity index (χ3n) is 1.29. The van der Waals surface area contributed by atoms with E-state index in [1.807, 2.05) is 0 Å². The van der Waals surface area contributed by atoms with E-state index in [2.05, 4.69) is 0 Å². The van der Waals surface area contributed by atoms with E-state index in [4.69, 9.17) is 0 Å². The second kappa shape index (κ2) is 4.01. The van der Waals surface area contributed by atoms with Crippen LogP contribution in [-0.4, -0.2) is 22.0 Å². The first-order valence-corrected chi connectivity index (χ1v) is 5.64. The third kappa shape index (κ3) is 2.16. The van der Waals surface area contributed by atoms with E-state index in [0.717, 1.165) is 0 Å². The van der Waals surface area contributed by atoms with Crippen LogP contribution in [-0.2, 0) is 0 Å². The van der Waals surface area contributed by atoms with Crippen LogP contribution in [0.5, 0.6) is 0 Å². The molecule has 0 amide bonds. The van der Waals surface area contributed by atoms with Crippen molar-refractivity contribution in [3.63, 3.8) is 0 Å². The van der Waals surface area contributed by atoms with Gasteiger partial charge in [-0.3, -0.25) is 0 Å². The van der Waals surface area contributed by atoms with Gasteiger partial charge in [-0.05, 0) is 0 Å². The van der Waals surface area contributed by atoms with Gasteiger partial charge in [-0.25, -0.2) is 0 Å². The maximum atomic E-state index is 12.1. The fourth-order valence-electron chi connectivity index (χ4n) is 0.446. The van der Waals surface area contributed by atoms with Crippen LogP contribution in [0, 0.1) is 0 Å². The van der Waals surface area contributed by atoms with Crippen molar-refractivity contribution in [1.82, 2.24) is 0 Å². The Morgan fingerprint density at radius 1 is 0.562 bits per heavy atom. The molecule has 0 aliphatic heterocycles. The van der Waals surface area contributed by atoms with Gasteiger partial charge < -0.3 is 0 Å². The first-order chi connectivity index (χ1) is 6.69. The van der Waals surface area contributed by atoms with Gasteiger partial charge in [0.2, 0.25) is 0 Å². The molecule has 0 atom stereocenters. The van der Waals surface area contributed by atoms with E-state index >= 15 is 0 Å². The molecule has 0 spiro atoms. The summed E-state index contributed by atoms with van der Waals surface area (Å²) in [4.78, 5) is 0. The summed E-state index contributed by atoms with van der Waals surface area (Å²) in [5.74, 6) is -14.4. The minimum absolute atomic E-state index is 6.64. The molecule has 0 rings (SSSR count). The number of halogens is 12. The average Bonchev–Trinajstić information content (AvgIpc) is 2.00. The molecule has 0 bridgehead atoms. The van der Waals surface area contributed by atoms with Crippen LogP contribution in [0.15, 0.2) is 0 Å². The van der Waals surface area contributed by atoms with Crippen molar-refractivity contribution in [2.75, 3.05) is 0 Å². The van der Waals surface area contributed by atoms with Crippen molar-refractivity contribution in [3.8, 4) is 0 Å². The van der Waals surface area contributed by atoms with Crippen LogP contribution in [0.3, 0.4) is 0 Å². The molecule has 0 aliphatic carbocycles. The Balaban J connectivity index is 5.53. The second-order valence-electron chi connectivity index (χ2n) is 2.34. The van der Waals surface area contributed by atoms with E-state index < -0.39 is 42.9 Å². The zero-order valence-corrected chi connectivity index (χ0v) is 8.69. The Hall–Kier alpha value is -0.0400. The van der Waals surface area contributed by atoms with Crippen LogP contribution in [0.4, 0.5) is 45.2 Å². The number of alkyl halides is 10. The monoisotopic (exact) mass is 384 g/mol. The Morgan fingerprint density at radius 2 is 0.875 bits per heavy atom. The first-order valence-electron chi connectivity index (χ1n) is 2.93. The number of hydrogen-bond acceptors (Lipinski definition) is 0. The zero-order valence-electron chi connectivity index (χ0n) is 6.54. The summed E-state index contributed by atoms with van der Waals surface area (Å²) in [5.41, 5.74) is 0. The van der Waals surface area contributed by atoms with Gasteiger partial charge in [0.05, 0.1) is 0 Å². The Labute approximate surface area is 88.7 Å². The van der Waals surface area contributed by atoms with Gasteiger partial charge in [-0.2, -0.15) is 0 Å². The quantitative estimate of drug-likeness (QED) is 0.377. The van der Waals surface area contributed by atoms with Gasteiger partial charge in [0.25, 0.3) is 0 Å². The van der Waals surface area contributed by atoms with E-state index in [1.54, 1.807) is 0 Å². The molecule has 0 heterocycles. The summed E-state index contributed by atoms with van der Waals surface area (Å²) in [6, 6.07) is 0. The van der Waals surface area contributed by atoms with E-state index in [0.29, 0.717) is 0 Å². The molecule has 0 nitrogen and oxygen atoms in total. The average molecular weight is 384 g/mol. The Bertz CT molecular complexity index is 251. The molecule has 0 fully saturated rings.